The summed E-state index contributed by atoms with van der Waals surface area (Å²) in [7, 11) is -1.23. The Hall–Kier alpha value is -4.75. The molecule has 5 nitrogen and oxygen atoms in total. The average Bonchev–Trinajstić information content (AvgIpc) is 3.65. The van der Waals surface area contributed by atoms with Gasteiger partial charge in [-0.1, -0.05) is 79.8 Å². The number of fused-ring (bicyclic) bond motifs is 4. The first-order valence-corrected chi connectivity index (χ1v) is 18.7. The fourth-order valence-electron chi connectivity index (χ4n) is 5.53. The Morgan fingerprint density at radius 2 is 1.62 bits per heavy atom. The Kier molecular flexibility index (Phi) is 9.27. The van der Waals surface area contributed by atoms with Crippen LogP contribution in [0.1, 0.15) is 5.56 Å². The molecule has 0 saturated heterocycles. The van der Waals surface area contributed by atoms with Crippen LogP contribution in [0.5, 0.6) is 0 Å². The van der Waals surface area contributed by atoms with Crippen molar-refractivity contribution in [2.75, 3.05) is 0 Å². The third-order valence-corrected chi connectivity index (χ3v) is 9.98. The van der Waals surface area contributed by atoms with Gasteiger partial charge >= 0.3 is 0 Å². The van der Waals surface area contributed by atoms with Gasteiger partial charge in [-0.25, -0.2) is 4.98 Å². The van der Waals surface area contributed by atoms with E-state index in [9.17, 15) is 4.39 Å². The SMILES string of the molecule is C[Si](C)(C)c1ccc(-c2[c-]cccc2)nc1.Fc1c[c-]c(-c2nc3ccccc3n2Cc2ccccc2)c2oc3ncccc3c12.[Ir]. The van der Waals surface area contributed by atoms with E-state index in [0.717, 1.165) is 27.9 Å². The van der Waals surface area contributed by atoms with E-state index in [1.807, 2.05) is 79.0 Å². The van der Waals surface area contributed by atoms with E-state index in [4.69, 9.17) is 9.40 Å². The molecule has 0 aliphatic heterocycles. The van der Waals surface area contributed by atoms with Crippen molar-refractivity contribution >= 4 is 46.4 Å². The van der Waals surface area contributed by atoms with Gasteiger partial charge in [0.25, 0.3) is 0 Å². The Morgan fingerprint density at radius 3 is 2.36 bits per heavy atom. The Morgan fingerprint density at radius 1 is 0.830 bits per heavy atom. The van der Waals surface area contributed by atoms with E-state index in [1.54, 1.807) is 12.3 Å². The molecule has 8 rings (SSSR count). The summed E-state index contributed by atoms with van der Waals surface area (Å²) in [5.74, 6) is 0.301. The molecule has 0 N–H and O–H groups in total. The molecule has 4 heterocycles. The number of rotatable bonds is 5. The third-order valence-electron chi connectivity index (χ3n) is 7.95. The normalized spacial score (nSPS) is 11.3. The minimum atomic E-state index is -1.23. The molecule has 235 valence electrons. The summed E-state index contributed by atoms with van der Waals surface area (Å²) in [6, 6.07) is 41.6. The molecule has 4 aromatic carbocycles. The smallest absolute Gasteiger partial charge is 0.216 e. The fourth-order valence-corrected chi connectivity index (χ4v) is 6.56. The largest absolute Gasteiger partial charge is 0.486 e. The summed E-state index contributed by atoms with van der Waals surface area (Å²) in [6.07, 6.45) is 3.65. The molecule has 8 heteroatoms. The van der Waals surface area contributed by atoms with Gasteiger partial charge in [0.1, 0.15) is 0 Å². The van der Waals surface area contributed by atoms with Crippen molar-refractivity contribution in [3.63, 3.8) is 0 Å². The van der Waals surface area contributed by atoms with Gasteiger partial charge in [-0.2, -0.15) is 0 Å². The zero-order chi connectivity index (χ0) is 31.7. The van der Waals surface area contributed by atoms with Crippen LogP contribution in [0, 0.1) is 17.9 Å². The second-order valence-corrected chi connectivity index (χ2v) is 17.2. The first kappa shape index (κ1) is 32.2. The number of para-hydroxylation sites is 2. The molecule has 0 bridgehead atoms. The standard InChI is InChI=1S/C25H15FN3O.C14H16NSi.Ir/c26-19-13-12-18(23-22(19)17-9-6-14-27-25(17)30-23)24-28-20-10-4-5-11-21(20)29(24)15-16-7-2-1-3-8-16;1-16(2,3)13-9-10-14(15-11-13)12-7-5-4-6-8-12;/h1-11,13-14H,15H2;4-7,9-11H,1-3H3;/q2*-1;. The fraction of sp³-hybridized carbons (Fsp3) is 0.103. The molecule has 1 radical (unpaired) electrons. The first-order valence-electron chi connectivity index (χ1n) is 15.2. The molecule has 0 aliphatic carbocycles. The quantitative estimate of drug-likeness (QED) is 0.129. The molecule has 0 saturated carbocycles. The topological polar surface area (TPSA) is 56.7 Å². The van der Waals surface area contributed by atoms with Gasteiger partial charge in [0.05, 0.1) is 30.5 Å². The van der Waals surface area contributed by atoms with E-state index in [2.05, 4.69) is 70.6 Å². The van der Waals surface area contributed by atoms with Crippen molar-refractivity contribution in [1.29, 1.82) is 0 Å². The number of benzene rings is 4. The van der Waals surface area contributed by atoms with Gasteiger partial charge in [0, 0.05) is 50.2 Å². The predicted octanol–water partition coefficient (Wildman–Crippen LogP) is 9.08. The van der Waals surface area contributed by atoms with E-state index in [1.165, 1.54) is 11.3 Å². The summed E-state index contributed by atoms with van der Waals surface area (Å²) in [5, 5.41) is 2.45. The number of hydrogen-bond acceptors (Lipinski definition) is 4. The molecule has 0 aliphatic rings. The second-order valence-electron chi connectivity index (χ2n) is 12.1. The molecule has 0 spiro atoms. The maximum atomic E-state index is 14.8. The molecule has 0 atom stereocenters. The van der Waals surface area contributed by atoms with Crippen LogP contribution in [0.25, 0.3) is 55.7 Å². The van der Waals surface area contributed by atoms with Gasteiger partial charge < -0.3 is 14.0 Å². The summed E-state index contributed by atoms with van der Waals surface area (Å²) >= 11 is 0. The average molecular weight is 811 g/mol. The van der Waals surface area contributed by atoms with Crippen molar-refractivity contribution in [3.8, 4) is 22.6 Å². The molecule has 0 unspecified atom stereocenters. The van der Waals surface area contributed by atoms with Gasteiger partial charge in [0.15, 0.2) is 0 Å². The number of hydrogen-bond donors (Lipinski definition) is 0. The van der Waals surface area contributed by atoms with Crippen molar-refractivity contribution in [3.05, 3.63) is 145 Å². The zero-order valence-corrected chi connectivity index (χ0v) is 29.6. The second kappa shape index (κ2) is 13.5. The monoisotopic (exact) mass is 811 g/mol. The summed E-state index contributed by atoms with van der Waals surface area (Å²) < 4.78 is 22.9. The third kappa shape index (κ3) is 6.58. The van der Waals surface area contributed by atoms with E-state index in [-0.39, 0.29) is 25.9 Å². The Labute approximate surface area is 287 Å². The van der Waals surface area contributed by atoms with Crippen LogP contribution in [0.4, 0.5) is 4.39 Å². The Bertz CT molecular complexity index is 2280. The summed E-state index contributed by atoms with van der Waals surface area (Å²) in [5.41, 5.74) is 6.50. The number of furan rings is 1. The summed E-state index contributed by atoms with van der Waals surface area (Å²) in [6.45, 7) is 7.62. The number of pyridine rings is 2. The molecule has 4 aromatic heterocycles. The van der Waals surface area contributed by atoms with Crippen LogP contribution in [-0.4, -0.2) is 27.6 Å². The van der Waals surface area contributed by atoms with E-state index >= 15 is 0 Å². The minimum absolute atomic E-state index is 0. The van der Waals surface area contributed by atoms with Crippen LogP contribution < -0.4 is 5.19 Å². The predicted molar refractivity (Wildman–Crippen MR) is 186 cm³/mol. The minimum Gasteiger partial charge on any atom is -0.486 e. The zero-order valence-electron chi connectivity index (χ0n) is 26.2. The van der Waals surface area contributed by atoms with E-state index < -0.39 is 8.07 Å². The number of nitrogens with zero attached hydrogens (tertiary/aromatic N) is 4. The van der Waals surface area contributed by atoms with Crippen LogP contribution >= 0.6 is 0 Å². The van der Waals surface area contributed by atoms with Crippen molar-refractivity contribution in [2.24, 2.45) is 0 Å². The molecular weight excluding hydrogens is 780 g/mol. The Balaban J connectivity index is 0.000000194. The van der Waals surface area contributed by atoms with Crippen LogP contribution in [0.3, 0.4) is 0 Å². The van der Waals surface area contributed by atoms with Gasteiger partial charge in [-0.3, -0.25) is 9.37 Å². The van der Waals surface area contributed by atoms with Crippen molar-refractivity contribution in [1.82, 2.24) is 19.5 Å². The molecular formula is C39H31FIrN4OSi-2. The van der Waals surface area contributed by atoms with Crippen LogP contribution in [0.2, 0.25) is 19.6 Å². The molecule has 0 fully saturated rings. The van der Waals surface area contributed by atoms with Crippen molar-refractivity contribution in [2.45, 2.75) is 26.2 Å². The van der Waals surface area contributed by atoms with Crippen LogP contribution in [0.15, 0.2) is 126 Å². The van der Waals surface area contributed by atoms with Gasteiger partial charge in [0.2, 0.25) is 5.71 Å². The van der Waals surface area contributed by atoms with E-state index in [0.29, 0.717) is 40.0 Å². The number of aromatic nitrogens is 4. The van der Waals surface area contributed by atoms with Gasteiger partial charge in [-0.15, -0.1) is 48.0 Å². The summed E-state index contributed by atoms with van der Waals surface area (Å²) in [4.78, 5) is 13.6. The van der Waals surface area contributed by atoms with Crippen molar-refractivity contribution < 1.29 is 28.9 Å². The molecule has 47 heavy (non-hydrogen) atoms. The first-order chi connectivity index (χ1) is 22.4. The van der Waals surface area contributed by atoms with Gasteiger partial charge in [-0.05, 0) is 46.1 Å². The number of halogens is 1. The number of imidazole rings is 1. The van der Waals surface area contributed by atoms with Crippen LogP contribution in [-0.2, 0) is 26.7 Å². The maximum absolute atomic E-state index is 14.8. The molecule has 0 amide bonds. The maximum Gasteiger partial charge on any atom is 0.216 e. The molecule has 8 aromatic rings.